The standard InChI is InChI=1S/C9H5N3S/c1-10-8-4-7(5-11-6-8)9-12-2-3-13-9/h2-6H. The number of aromatic nitrogens is 2. The number of thiazole rings is 1. The Morgan fingerprint density at radius 1 is 1.38 bits per heavy atom. The van der Waals surface area contributed by atoms with Crippen LogP contribution in [-0.2, 0) is 0 Å². The first-order valence-corrected chi connectivity index (χ1v) is 4.50. The van der Waals surface area contributed by atoms with Crippen LogP contribution >= 0.6 is 11.3 Å². The van der Waals surface area contributed by atoms with Gasteiger partial charge in [-0.25, -0.2) is 9.83 Å². The minimum absolute atomic E-state index is 0.549. The molecular formula is C9H5N3S. The van der Waals surface area contributed by atoms with Crippen molar-refractivity contribution in [2.24, 2.45) is 0 Å². The lowest BCUT2D eigenvalue weighted by Gasteiger charge is -1.94. The topological polar surface area (TPSA) is 30.1 Å². The normalized spacial score (nSPS) is 9.46. The van der Waals surface area contributed by atoms with Crippen molar-refractivity contribution in [3.05, 3.63) is 41.5 Å². The van der Waals surface area contributed by atoms with E-state index in [1.165, 1.54) is 0 Å². The molecule has 0 saturated heterocycles. The van der Waals surface area contributed by atoms with E-state index >= 15 is 0 Å². The van der Waals surface area contributed by atoms with Gasteiger partial charge >= 0.3 is 0 Å². The van der Waals surface area contributed by atoms with Gasteiger partial charge < -0.3 is 0 Å². The van der Waals surface area contributed by atoms with Gasteiger partial charge in [0.15, 0.2) is 0 Å². The van der Waals surface area contributed by atoms with Crippen LogP contribution < -0.4 is 0 Å². The largest absolute Gasteiger partial charge is 0.276 e. The van der Waals surface area contributed by atoms with Gasteiger partial charge in [-0.15, -0.1) is 11.3 Å². The third-order valence-electron chi connectivity index (χ3n) is 1.53. The summed E-state index contributed by atoms with van der Waals surface area (Å²) in [7, 11) is 0. The van der Waals surface area contributed by atoms with Crippen LogP contribution in [0.4, 0.5) is 5.69 Å². The van der Waals surface area contributed by atoms with Gasteiger partial charge in [0.05, 0.1) is 6.57 Å². The van der Waals surface area contributed by atoms with E-state index < -0.39 is 0 Å². The molecule has 0 aromatic carbocycles. The molecule has 0 aliphatic rings. The smallest absolute Gasteiger partial charge is 0.205 e. The second-order valence-electron chi connectivity index (χ2n) is 2.38. The van der Waals surface area contributed by atoms with Crippen LogP contribution in [0.3, 0.4) is 0 Å². The predicted molar refractivity (Wildman–Crippen MR) is 51.6 cm³/mol. The molecule has 0 saturated carbocycles. The minimum Gasteiger partial charge on any atom is -0.276 e. The van der Waals surface area contributed by atoms with Crippen molar-refractivity contribution in [1.82, 2.24) is 9.97 Å². The first kappa shape index (κ1) is 7.90. The first-order valence-electron chi connectivity index (χ1n) is 3.62. The van der Waals surface area contributed by atoms with Crippen LogP contribution in [0, 0.1) is 6.57 Å². The molecule has 13 heavy (non-hydrogen) atoms. The summed E-state index contributed by atoms with van der Waals surface area (Å²) in [6.45, 7) is 6.83. The SMILES string of the molecule is [C-]#[N+]c1cncc(-c2nccs2)c1. The molecule has 4 heteroatoms. The molecule has 2 aromatic rings. The number of pyridine rings is 1. The predicted octanol–water partition coefficient (Wildman–Crippen LogP) is 2.76. The molecule has 2 aromatic heterocycles. The van der Waals surface area contributed by atoms with Crippen LogP contribution in [0.2, 0.25) is 0 Å². The number of rotatable bonds is 1. The van der Waals surface area contributed by atoms with E-state index in [0.29, 0.717) is 5.69 Å². The van der Waals surface area contributed by atoms with E-state index in [2.05, 4.69) is 14.8 Å². The van der Waals surface area contributed by atoms with E-state index in [4.69, 9.17) is 6.57 Å². The number of hydrogen-bond donors (Lipinski definition) is 0. The Kier molecular flexibility index (Phi) is 2.02. The summed E-state index contributed by atoms with van der Waals surface area (Å²) in [5.74, 6) is 0. The lowest BCUT2D eigenvalue weighted by molar-refractivity contribution is 1.32. The Morgan fingerprint density at radius 2 is 2.31 bits per heavy atom. The lowest BCUT2D eigenvalue weighted by atomic mass is 10.3. The van der Waals surface area contributed by atoms with Crippen molar-refractivity contribution in [3.63, 3.8) is 0 Å². The summed E-state index contributed by atoms with van der Waals surface area (Å²) in [6, 6.07) is 1.79. The molecule has 0 atom stereocenters. The van der Waals surface area contributed by atoms with Crippen molar-refractivity contribution in [1.29, 1.82) is 0 Å². The van der Waals surface area contributed by atoms with E-state index in [-0.39, 0.29) is 0 Å². The van der Waals surface area contributed by atoms with Gasteiger partial charge in [0, 0.05) is 29.5 Å². The van der Waals surface area contributed by atoms with Gasteiger partial charge in [-0.3, -0.25) is 4.98 Å². The Bertz CT molecular complexity index is 442. The molecule has 0 bridgehead atoms. The average molecular weight is 187 g/mol. The van der Waals surface area contributed by atoms with Gasteiger partial charge in [-0.1, -0.05) is 0 Å². The third-order valence-corrected chi connectivity index (χ3v) is 2.35. The summed E-state index contributed by atoms with van der Waals surface area (Å²) in [5.41, 5.74) is 1.45. The Hall–Kier alpha value is -1.73. The highest BCUT2D eigenvalue weighted by atomic mass is 32.1. The second kappa shape index (κ2) is 3.33. The Balaban J connectivity index is 2.49. The molecule has 0 radical (unpaired) electrons. The van der Waals surface area contributed by atoms with Gasteiger partial charge in [-0.05, 0) is 6.07 Å². The average Bonchev–Trinajstić information content (AvgIpc) is 2.71. The van der Waals surface area contributed by atoms with E-state index in [1.54, 1.807) is 36.0 Å². The van der Waals surface area contributed by atoms with Crippen LogP contribution in [0.5, 0.6) is 0 Å². The molecule has 0 aliphatic carbocycles. The van der Waals surface area contributed by atoms with Crippen molar-refractivity contribution >= 4 is 17.0 Å². The van der Waals surface area contributed by atoms with Crippen LogP contribution in [0.25, 0.3) is 15.4 Å². The summed E-state index contributed by atoms with van der Waals surface area (Å²) in [5, 5.41) is 2.80. The zero-order valence-corrected chi connectivity index (χ0v) is 7.45. The molecule has 0 unspecified atom stereocenters. The molecule has 0 aliphatic heterocycles. The maximum Gasteiger partial charge on any atom is 0.205 e. The fourth-order valence-electron chi connectivity index (χ4n) is 0.972. The van der Waals surface area contributed by atoms with Crippen molar-refractivity contribution in [2.45, 2.75) is 0 Å². The van der Waals surface area contributed by atoms with E-state index in [1.807, 2.05) is 5.38 Å². The molecule has 62 valence electrons. The van der Waals surface area contributed by atoms with Gasteiger partial charge in [0.1, 0.15) is 5.01 Å². The number of hydrogen-bond acceptors (Lipinski definition) is 3. The Labute approximate surface area is 79.5 Å². The third kappa shape index (κ3) is 1.55. The van der Waals surface area contributed by atoms with Gasteiger partial charge in [0.25, 0.3) is 0 Å². The van der Waals surface area contributed by atoms with Crippen molar-refractivity contribution in [3.8, 4) is 10.6 Å². The van der Waals surface area contributed by atoms with Crippen LogP contribution in [-0.4, -0.2) is 9.97 Å². The highest BCUT2D eigenvalue weighted by molar-refractivity contribution is 7.13. The molecular weight excluding hydrogens is 182 g/mol. The molecule has 3 nitrogen and oxygen atoms in total. The van der Waals surface area contributed by atoms with Crippen molar-refractivity contribution < 1.29 is 0 Å². The van der Waals surface area contributed by atoms with Crippen LogP contribution in [0.15, 0.2) is 30.0 Å². The van der Waals surface area contributed by atoms with E-state index in [9.17, 15) is 0 Å². The Morgan fingerprint density at radius 3 is 3.00 bits per heavy atom. The monoisotopic (exact) mass is 187 g/mol. The lowest BCUT2D eigenvalue weighted by Crippen LogP contribution is -1.76. The van der Waals surface area contributed by atoms with E-state index in [0.717, 1.165) is 10.6 Å². The summed E-state index contributed by atoms with van der Waals surface area (Å²) in [4.78, 5) is 11.4. The minimum atomic E-state index is 0.549. The number of nitrogens with zero attached hydrogens (tertiary/aromatic N) is 3. The summed E-state index contributed by atoms with van der Waals surface area (Å²) in [6.07, 6.45) is 5.00. The molecule has 0 N–H and O–H groups in total. The fourth-order valence-corrected chi connectivity index (χ4v) is 1.59. The summed E-state index contributed by atoms with van der Waals surface area (Å²) >= 11 is 1.54. The summed E-state index contributed by atoms with van der Waals surface area (Å²) < 4.78 is 0. The second-order valence-corrected chi connectivity index (χ2v) is 3.28. The van der Waals surface area contributed by atoms with Gasteiger partial charge in [-0.2, -0.15) is 0 Å². The highest BCUT2D eigenvalue weighted by Gasteiger charge is 2.00. The quantitative estimate of drug-likeness (QED) is 0.642. The molecule has 0 spiro atoms. The molecule has 0 amide bonds. The zero-order chi connectivity index (χ0) is 9.10. The molecule has 2 rings (SSSR count). The van der Waals surface area contributed by atoms with Crippen molar-refractivity contribution in [2.75, 3.05) is 0 Å². The van der Waals surface area contributed by atoms with Gasteiger partial charge in [0.2, 0.25) is 5.69 Å². The zero-order valence-electron chi connectivity index (χ0n) is 6.64. The molecule has 2 heterocycles. The molecule has 0 fully saturated rings. The highest BCUT2D eigenvalue weighted by Crippen LogP contribution is 2.24. The fraction of sp³-hybridized carbons (Fsp3) is 0. The first-order chi connectivity index (χ1) is 6.40. The maximum atomic E-state index is 6.83. The maximum absolute atomic E-state index is 6.83. The van der Waals surface area contributed by atoms with Crippen LogP contribution in [0.1, 0.15) is 0 Å².